The van der Waals surface area contributed by atoms with E-state index in [-0.39, 0.29) is 17.9 Å². The number of nitrogens with zero attached hydrogens (tertiary/aromatic N) is 2. The Morgan fingerprint density at radius 1 is 1.15 bits per heavy atom. The normalized spacial score (nSPS) is 23.2. The van der Waals surface area contributed by atoms with Crippen LogP contribution in [0.25, 0.3) is 0 Å². The molecule has 2 aliphatic rings. The van der Waals surface area contributed by atoms with Crippen molar-refractivity contribution in [2.75, 3.05) is 32.7 Å². The molecule has 0 bridgehead atoms. The number of nitrogens with one attached hydrogen (secondary N) is 1. The second-order valence-corrected chi connectivity index (χ2v) is 6.09. The maximum absolute atomic E-state index is 12.6. The van der Waals surface area contributed by atoms with Crippen LogP contribution in [0.2, 0.25) is 0 Å². The second-order valence-electron chi connectivity index (χ2n) is 6.09. The van der Waals surface area contributed by atoms with Gasteiger partial charge in [-0.2, -0.15) is 0 Å². The lowest BCUT2D eigenvalue weighted by Crippen LogP contribution is -2.53. The van der Waals surface area contributed by atoms with Crippen LogP contribution < -0.4 is 5.32 Å². The number of hydrogen-bond donors (Lipinski definition) is 1. The summed E-state index contributed by atoms with van der Waals surface area (Å²) in [6, 6.07) is 0.143. The summed E-state index contributed by atoms with van der Waals surface area (Å²) in [6.07, 6.45) is 2.31. The lowest BCUT2D eigenvalue weighted by Gasteiger charge is -2.36. The van der Waals surface area contributed by atoms with Gasteiger partial charge < -0.3 is 15.1 Å². The quantitative estimate of drug-likeness (QED) is 0.760. The molecule has 1 N–H and O–H groups in total. The fourth-order valence-corrected chi connectivity index (χ4v) is 2.70. The van der Waals surface area contributed by atoms with Gasteiger partial charge in [0.15, 0.2) is 0 Å². The number of amides is 2. The molecule has 114 valence electrons. The third-order valence-electron chi connectivity index (χ3n) is 4.69. The lowest BCUT2D eigenvalue weighted by molar-refractivity contribution is -0.145. The highest BCUT2D eigenvalue weighted by molar-refractivity contribution is 6.08. The van der Waals surface area contributed by atoms with Crippen LogP contribution in [-0.2, 0) is 9.59 Å². The van der Waals surface area contributed by atoms with Gasteiger partial charge in [0, 0.05) is 32.2 Å². The number of likely N-dealkylation sites (N-methyl/N-ethyl adjacent to an activating group) is 1. The summed E-state index contributed by atoms with van der Waals surface area (Å²) in [6.45, 7) is 10.5. The highest BCUT2D eigenvalue weighted by Crippen LogP contribution is 2.47. The van der Waals surface area contributed by atoms with Crippen molar-refractivity contribution >= 4 is 11.8 Å². The molecule has 1 aliphatic carbocycles. The van der Waals surface area contributed by atoms with Crippen molar-refractivity contribution in [3.8, 4) is 0 Å². The van der Waals surface area contributed by atoms with E-state index in [0.29, 0.717) is 12.8 Å². The first-order valence-corrected chi connectivity index (χ1v) is 7.86. The first-order valence-electron chi connectivity index (χ1n) is 7.86. The summed E-state index contributed by atoms with van der Waals surface area (Å²) in [7, 11) is 0. The van der Waals surface area contributed by atoms with Gasteiger partial charge in [-0.3, -0.25) is 9.59 Å². The van der Waals surface area contributed by atoms with Crippen LogP contribution in [0.5, 0.6) is 0 Å². The molecule has 5 heteroatoms. The van der Waals surface area contributed by atoms with E-state index in [1.165, 1.54) is 0 Å². The third-order valence-corrected chi connectivity index (χ3v) is 4.69. The van der Waals surface area contributed by atoms with Gasteiger partial charge in [0.2, 0.25) is 11.8 Å². The zero-order valence-corrected chi connectivity index (χ0v) is 12.9. The fraction of sp³-hybridized carbons (Fsp3) is 0.867. The third kappa shape index (κ3) is 2.97. The maximum atomic E-state index is 12.6. The SMILES string of the molecule is CCC(C)NC(=O)C1(C(=O)N2CCN(CC)CC2)CC1. The molecule has 0 aromatic carbocycles. The van der Waals surface area contributed by atoms with Crippen molar-refractivity contribution in [2.24, 2.45) is 5.41 Å². The molecular weight excluding hydrogens is 254 g/mol. The Morgan fingerprint density at radius 2 is 1.75 bits per heavy atom. The summed E-state index contributed by atoms with van der Waals surface area (Å²) in [4.78, 5) is 29.2. The highest BCUT2D eigenvalue weighted by atomic mass is 16.2. The van der Waals surface area contributed by atoms with E-state index in [1.807, 2.05) is 18.7 Å². The molecule has 1 heterocycles. The predicted molar refractivity (Wildman–Crippen MR) is 78.3 cm³/mol. The van der Waals surface area contributed by atoms with Crippen molar-refractivity contribution in [1.82, 2.24) is 15.1 Å². The molecule has 0 radical (unpaired) electrons. The van der Waals surface area contributed by atoms with Crippen molar-refractivity contribution in [3.05, 3.63) is 0 Å². The molecule has 1 atom stereocenters. The van der Waals surface area contributed by atoms with Crippen LogP contribution in [0.4, 0.5) is 0 Å². The Labute approximate surface area is 121 Å². The standard InChI is InChI=1S/C15H27N3O2/c1-4-12(3)16-13(19)15(6-7-15)14(20)18-10-8-17(5-2)9-11-18/h12H,4-11H2,1-3H3,(H,16,19). The highest BCUT2D eigenvalue weighted by Gasteiger charge is 2.58. The van der Waals surface area contributed by atoms with Crippen molar-refractivity contribution in [3.63, 3.8) is 0 Å². The van der Waals surface area contributed by atoms with E-state index in [2.05, 4.69) is 17.1 Å². The Bertz CT molecular complexity index is 371. The molecule has 1 unspecified atom stereocenters. The topological polar surface area (TPSA) is 52.7 Å². The van der Waals surface area contributed by atoms with Crippen LogP contribution >= 0.6 is 0 Å². The Balaban J connectivity index is 1.93. The van der Waals surface area contributed by atoms with Gasteiger partial charge in [-0.05, 0) is 32.7 Å². The molecule has 0 aromatic heterocycles. The van der Waals surface area contributed by atoms with E-state index >= 15 is 0 Å². The van der Waals surface area contributed by atoms with E-state index in [0.717, 1.165) is 39.1 Å². The minimum Gasteiger partial charge on any atom is -0.353 e. The van der Waals surface area contributed by atoms with Gasteiger partial charge in [-0.15, -0.1) is 0 Å². The Morgan fingerprint density at radius 3 is 2.20 bits per heavy atom. The molecule has 1 saturated heterocycles. The number of hydrogen-bond acceptors (Lipinski definition) is 3. The second kappa shape index (κ2) is 6.12. The van der Waals surface area contributed by atoms with Gasteiger partial charge >= 0.3 is 0 Å². The van der Waals surface area contributed by atoms with Crippen LogP contribution in [0.3, 0.4) is 0 Å². The van der Waals surface area contributed by atoms with Crippen molar-refractivity contribution in [2.45, 2.75) is 46.1 Å². The van der Waals surface area contributed by atoms with Gasteiger partial charge in [0.1, 0.15) is 5.41 Å². The molecular formula is C15H27N3O2. The zero-order chi connectivity index (χ0) is 14.8. The van der Waals surface area contributed by atoms with Crippen LogP contribution in [-0.4, -0.2) is 60.4 Å². The minimum absolute atomic E-state index is 0.0501. The van der Waals surface area contributed by atoms with Crippen LogP contribution in [0.1, 0.15) is 40.0 Å². The molecule has 5 nitrogen and oxygen atoms in total. The molecule has 2 fully saturated rings. The molecule has 2 amide bonds. The number of piperazine rings is 1. The smallest absolute Gasteiger partial charge is 0.238 e. The summed E-state index contributed by atoms with van der Waals surface area (Å²) >= 11 is 0. The first-order chi connectivity index (χ1) is 9.53. The molecule has 1 aliphatic heterocycles. The van der Waals surface area contributed by atoms with Crippen LogP contribution in [0.15, 0.2) is 0 Å². The summed E-state index contributed by atoms with van der Waals surface area (Å²) < 4.78 is 0. The fourth-order valence-electron chi connectivity index (χ4n) is 2.70. The van der Waals surface area contributed by atoms with E-state index in [1.54, 1.807) is 0 Å². The van der Waals surface area contributed by atoms with Crippen LogP contribution in [0, 0.1) is 5.41 Å². The minimum atomic E-state index is -0.738. The summed E-state index contributed by atoms with van der Waals surface area (Å²) in [5.41, 5.74) is -0.738. The van der Waals surface area contributed by atoms with E-state index < -0.39 is 5.41 Å². The summed E-state index contributed by atoms with van der Waals surface area (Å²) in [5, 5.41) is 2.98. The maximum Gasteiger partial charge on any atom is 0.238 e. The van der Waals surface area contributed by atoms with Crippen molar-refractivity contribution < 1.29 is 9.59 Å². The monoisotopic (exact) mass is 281 g/mol. The Hall–Kier alpha value is -1.10. The van der Waals surface area contributed by atoms with Gasteiger partial charge in [0.25, 0.3) is 0 Å². The van der Waals surface area contributed by atoms with E-state index in [9.17, 15) is 9.59 Å². The lowest BCUT2D eigenvalue weighted by atomic mass is 10.0. The van der Waals surface area contributed by atoms with Gasteiger partial charge in [0.05, 0.1) is 0 Å². The molecule has 20 heavy (non-hydrogen) atoms. The molecule has 0 spiro atoms. The predicted octanol–water partition coefficient (Wildman–Crippen LogP) is 0.845. The van der Waals surface area contributed by atoms with E-state index in [4.69, 9.17) is 0 Å². The number of rotatable bonds is 5. The molecule has 1 saturated carbocycles. The van der Waals surface area contributed by atoms with Crippen molar-refractivity contribution in [1.29, 1.82) is 0 Å². The van der Waals surface area contributed by atoms with Gasteiger partial charge in [-0.1, -0.05) is 13.8 Å². The Kier molecular flexibility index (Phi) is 4.68. The largest absolute Gasteiger partial charge is 0.353 e. The summed E-state index contributed by atoms with van der Waals surface area (Å²) in [5.74, 6) is -0.0103. The first kappa shape index (κ1) is 15.3. The number of carbonyl (C=O) groups is 2. The van der Waals surface area contributed by atoms with Gasteiger partial charge in [-0.25, -0.2) is 0 Å². The number of carbonyl (C=O) groups excluding carboxylic acids is 2. The molecule has 2 rings (SSSR count). The average Bonchev–Trinajstić information content (AvgIpc) is 3.28. The average molecular weight is 281 g/mol. The zero-order valence-electron chi connectivity index (χ0n) is 12.9. The molecule has 0 aromatic rings.